The first-order valence-corrected chi connectivity index (χ1v) is 14.6. The van der Waals surface area contributed by atoms with Gasteiger partial charge in [0.15, 0.2) is 0 Å². The number of ether oxygens (including phenoxy) is 1. The van der Waals surface area contributed by atoms with Crippen molar-refractivity contribution in [1.82, 2.24) is 14.5 Å². The Morgan fingerprint density at radius 2 is 1.67 bits per heavy atom. The van der Waals surface area contributed by atoms with Gasteiger partial charge in [-0.1, -0.05) is 60.7 Å². The lowest BCUT2D eigenvalue weighted by molar-refractivity contribution is 0.0501. The number of hydrogen-bond acceptors (Lipinski definition) is 5. The standard InChI is InChI=1S/C30H30FN3O4S/c31-26-15-13-24(14-16-26)22-39(36,37)30-32-18-27(34(30)19-23-8-3-1-4-9-23)20-33(21-28-12-7-17-38-28)29(35)25-10-5-2-6-11-25/h1-6,8-11,13-16,18,28H,7,12,17,19-22H2. The lowest BCUT2D eigenvalue weighted by Crippen LogP contribution is -2.37. The molecule has 0 spiro atoms. The van der Waals surface area contributed by atoms with Crippen molar-refractivity contribution in [2.24, 2.45) is 0 Å². The van der Waals surface area contributed by atoms with E-state index in [4.69, 9.17) is 4.74 Å². The van der Waals surface area contributed by atoms with E-state index in [1.165, 1.54) is 30.5 Å². The molecular weight excluding hydrogens is 517 g/mol. The summed E-state index contributed by atoms with van der Waals surface area (Å²) in [7, 11) is -3.89. The number of nitrogens with zero attached hydrogens (tertiary/aromatic N) is 3. The van der Waals surface area contributed by atoms with Crippen molar-refractivity contribution in [1.29, 1.82) is 0 Å². The summed E-state index contributed by atoms with van der Waals surface area (Å²) in [5.74, 6) is -0.908. The van der Waals surface area contributed by atoms with Gasteiger partial charge in [-0.25, -0.2) is 17.8 Å². The summed E-state index contributed by atoms with van der Waals surface area (Å²) >= 11 is 0. The Morgan fingerprint density at radius 3 is 2.33 bits per heavy atom. The highest BCUT2D eigenvalue weighted by Gasteiger charge is 2.28. The lowest BCUT2D eigenvalue weighted by atomic mass is 10.1. The number of amides is 1. The number of carbonyl (C=O) groups is 1. The van der Waals surface area contributed by atoms with E-state index in [1.54, 1.807) is 21.6 Å². The average Bonchev–Trinajstić information content (AvgIpc) is 3.61. The van der Waals surface area contributed by atoms with E-state index < -0.39 is 15.7 Å². The zero-order valence-corrected chi connectivity index (χ0v) is 22.3. The van der Waals surface area contributed by atoms with Crippen molar-refractivity contribution in [2.45, 2.75) is 42.9 Å². The van der Waals surface area contributed by atoms with Crippen LogP contribution in [0.25, 0.3) is 0 Å². The number of carbonyl (C=O) groups excluding carboxylic acids is 1. The Bertz CT molecular complexity index is 1500. The smallest absolute Gasteiger partial charge is 0.254 e. The molecule has 3 aromatic carbocycles. The maximum Gasteiger partial charge on any atom is 0.254 e. The van der Waals surface area contributed by atoms with Crippen molar-refractivity contribution < 1.29 is 22.3 Å². The quantitative estimate of drug-likeness (QED) is 0.283. The molecule has 1 amide bonds. The third-order valence-corrected chi connectivity index (χ3v) is 8.34. The Morgan fingerprint density at radius 1 is 0.974 bits per heavy atom. The molecule has 0 saturated carbocycles. The van der Waals surface area contributed by atoms with Crippen LogP contribution < -0.4 is 0 Å². The van der Waals surface area contributed by atoms with Crippen molar-refractivity contribution in [3.05, 3.63) is 119 Å². The topological polar surface area (TPSA) is 81.5 Å². The van der Waals surface area contributed by atoms with Crippen LogP contribution in [0.3, 0.4) is 0 Å². The average molecular weight is 548 g/mol. The van der Waals surface area contributed by atoms with Crippen molar-refractivity contribution >= 4 is 15.7 Å². The van der Waals surface area contributed by atoms with Gasteiger partial charge in [0.05, 0.1) is 36.8 Å². The van der Waals surface area contributed by atoms with Crippen LogP contribution in [0, 0.1) is 5.82 Å². The van der Waals surface area contributed by atoms with E-state index in [2.05, 4.69) is 4.98 Å². The van der Waals surface area contributed by atoms with Gasteiger partial charge in [-0.15, -0.1) is 0 Å². The van der Waals surface area contributed by atoms with Crippen LogP contribution in [0.5, 0.6) is 0 Å². The SMILES string of the molecule is O=C(c1ccccc1)N(Cc1cnc(S(=O)(=O)Cc2ccc(F)cc2)n1Cc1ccccc1)CC1CCCO1. The van der Waals surface area contributed by atoms with Gasteiger partial charge in [-0.05, 0) is 48.2 Å². The summed E-state index contributed by atoms with van der Waals surface area (Å²) in [6.45, 7) is 1.48. The van der Waals surface area contributed by atoms with E-state index in [0.29, 0.717) is 30.0 Å². The Balaban J connectivity index is 1.50. The monoisotopic (exact) mass is 547 g/mol. The molecule has 2 heterocycles. The van der Waals surface area contributed by atoms with Gasteiger partial charge >= 0.3 is 0 Å². The van der Waals surface area contributed by atoms with Gasteiger partial charge in [0.1, 0.15) is 5.82 Å². The molecule has 7 nitrogen and oxygen atoms in total. The van der Waals surface area contributed by atoms with Crippen LogP contribution in [0.15, 0.2) is 96.3 Å². The van der Waals surface area contributed by atoms with E-state index in [9.17, 15) is 17.6 Å². The number of halogens is 1. The molecule has 202 valence electrons. The number of aromatic nitrogens is 2. The molecule has 5 rings (SSSR count). The maximum atomic E-state index is 13.6. The molecule has 1 fully saturated rings. The third-order valence-electron chi connectivity index (χ3n) is 6.74. The summed E-state index contributed by atoms with van der Waals surface area (Å²) in [4.78, 5) is 19.6. The number of hydrogen-bond donors (Lipinski definition) is 0. The maximum absolute atomic E-state index is 13.6. The highest BCUT2D eigenvalue weighted by atomic mass is 32.2. The van der Waals surface area contributed by atoms with E-state index in [1.807, 2.05) is 48.5 Å². The molecule has 4 aromatic rings. The minimum Gasteiger partial charge on any atom is -0.376 e. The van der Waals surface area contributed by atoms with Crippen molar-refractivity contribution in [3.63, 3.8) is 0 Å². The van der Waals surface area contributed by atoms with E-state index >= 15 is 0 Å². The van der Waals surface area contributed by atoms with E-state index in [-0.39, 0.29) is 36.0 Å². The van der Waals surface area contributed by atoms with Gasteiger partial charge < -0.3 is 14.2 Å². The predicted molar refractivity (Wildman–Crippen MR) is 145 cm³/mol. The minimum absolute atomic E-state index is 0.0789. The summed E-state index contributed by atoms with van der Waals surface area (Å²) in [5, 5.41) is -0.0881. The second-order valence-corrected chi connectivity index (χ2v) is 11.6. The molecule has 1 unspecified atom stereocenters. The second kappa shape index (κ2) is 11.9. The fourth-order valence-corrected chi connectivity index (χ4v) is 6.27. The zero-order valence-electron chi connectivity index (χ0n) is 21.4. The first kappa shape index (κ1) is 26.8. The van der Waals surface area contributed by atoms with Crippen LogP contribution in [0.2, 0.25) is 0 Å². The summed E-state index contributed by atoms with van der Waals surface area (Å²) in [5.41, 5.74) is 2.51. The largest absolute Gasteiger partial charge is 0.376 e. The van der Waals surface area contributed by atoms with Gasteiger partial charge in [0.25, 0.3) is 5.91 Å². The molecule has 0 bridgehead atoms. The Labute approximate surface area is 227 Å². The highest BCUT2D eigenvalue weighted by molar-refractivity contribution is 7.90. The summed E-state index contributed by atoms with van der Waals surface area (Å²) < 4.78 is 48.0. The fourth-order valence-electron chi connectivity index (χ4n) is 4.78. The number of imidazole rings is 1. The summed E-state index contributed by atoms with van der Waals surface area (Å²) in [6, 6.07) is 23.9. The molecule has 0 N–H and O–H groups in total. The van der Waals surface area contributed by atoms with Crippen molar-refractivity contribution in [3.8, 4) is 0 Å². The third kappa shape index (κ3) is 6.61. The molecule has 1 saturated heterocycles. The highest BCUT2D eigenvalue weighted by Crippen LogP contribution is 2.23. The number of sulfone groups is 1. The van der Waals surface area contributed by atoms with Crippen LogP contribution in [-0.4, -0.2) is 48.0 Å². The number of rotatable bonds is 10. The normalized spacial score (nSPS) is 15.4. The van der Waals surface area contributed by atoms with Crippen LogP contribution in [0.4, 0.5) is 4.39 Å². The zero-order chi connectivity index (χ0) is 27.2. The van der Waals surface area contributed by atoms with Gasteiger partial charge in [-0.2, -0.15) is 0 Å². The molecule has 1 aliphatic rings. The summed E-state index contributed by atoms with van der Waals surface area (Å²) in [6.07, 6.45) is 3.25. The van der Waals surface area contributed by atoms with E-state index in [0.717, 1.165) is 18.4 Å². The van der Waals surface area contributed by atoms with Crippen molar-refractivity contribution in [2.75, 3.05) is 13.2 Å². The first-order valence-electron chi connectivity index (χ1n) is 12.9. The Kier molecular flexibility index (Phi) is 8.18. The molecule has 1 aromatic heterocycles. The lowest BCUT2D eigenvalue weighted by Gasteiger charge is -2.26. The van der Waals surface area contributed by atoms with Crippen LogP contribution in [0.1, 0.15) is 40.0 Å². The van der Waals surface area contributed by atoms with Crippen LogP contribution >= 0.6 is 0 Å². The molecule has 1 atom stereocenters. The molecule has 1 aliphatic heterocycles. The second-order valence-electron chi connectivity index (χ2n) is 9.68. The number of benzene rings is 3. The molecule has 0 aliphatic carbocycles. The fraction of sp³-hybridized carbons (Fsp3) is 0.267. The molecule has 0 radical (unpaired) electrons. The molecule has 39 heavy (non-hydrogen) atoms. The predicted octanol–water partition coefficient (Wildman–Crippen LogP) is 4.87. The van der Waals surface area contributed by atoms with Gasteiger partial charge in [0, 0.05) is 18.7 Å². The van der Waals surface area contributed by atoms with Crippen LogP contribution in [-0.2, 0) is 33.4 Å². The molecule has 9 heteroatoms. The first-order chi connectivity index (χ1) is 18.9. The van der Waals surface area contributed by atoms with Gasteiger partial charge in [-0.3, -0.25) is 4.79 Å². The Hall–Kier alpha value is -3.82. The van der Waals surface area contributed by atoms with Gasteiger partial charge in [0.2, 0.25) is 15.0 Å². The molecular formula is C30H30FN3O4S. The minimum atomic E-state index is -3.89.